The lowest BCUT2D eigenvalue weighted by Crippen LogP contribution is -2.40. The first-order valence-corrected chi connectivity index (χ1v) is 11.8. The van der Waals surface area contributed by atoms with Crippen LogP contribution in [0.4, 0.5) is 19.0 Å². The van der Waals surface area contributed by atoms with Gasteiger partial charge in [-0.3, -0.25) is 0 Å². The van der Waals surface area contributed by atoms with Gasteiger partial charge in [-0.15, -0.1) is 0 Å². The molecule has 168 valence electrons. The molecule has 0 saturated heterocycles. The van der Waals surface area contributed by atoms with E-state index in [1.54, 1.807) is 31.2 Å². The topological polar surface area (TPSA) is 76.0 Å². The molecule has 2 N–H and O–H groups in total. The van der Waals surface area contributed by atoms with Crippen molar-refractivity contribution in [3.8, 4) is 0 Å². The lowest BCUT2D eigenvalue weighted by molar-refractivity contribution is -0.141. The standard InChI is InChI=1S/C20H22ClF3N4O2S/c1-12-19(31(29,30)27-15-5-3-2-4-6-15)18(13-7-9-14(21)10-8-13)28-17(25-12)11-16(26-28)20(22,23)24/h7-11,15,18,25,27H,2-6H2,1H3. The monoisotopic (exact) mass is 474 g/mol. The van der Waals surface area contributed by atoms with Gasteiger partial charge in [-0.2, -0.15) is 18.3 Å². The van der Waals surface area contributed by atoms with E-state index < -0.39 is 27.9 Å². The first-order valence-electron chi connectivity index (χ1n) is 9.98. The highest BCUT2D eigenvalue weighted by molar-refractivity contribution is 7.93. The Hall–Kier alpha value is -2.04. The second kappa shape index (κ2) is 8.14. The Labute approximate surface area is 183 Å². The Bertz CT molecular complexity index is 1100. The highest BCUT2D eigenvalue weighted by Gasteiger charge is 2.41. The van der Waals surface area contributed by atoms with E-state index in [-0.39, 0.29) is 22.5 Å². The van der Waals surface area contributed by atoms with Crippen LogP contribution in [0, 0.1) is 0 Å². The quantitative estimate of drug-likeness (QED) is 0.650. The number of hydrogen-bond acceptors (Lipinski definition) is 4. The SMILES string of the molecule is CC1=C(S(=O)(=O)NC2CCCCC2)C(c2ccc(Cl)cc2)n2nc(C(F)(F)F)cc2N1. The summed E-state index contributed by atoms with van der Waals surface area (Å²) in [5.74, 6) is 0.0707. The lowest BCUT2D eigenvalue weighted by atomic mass is 9.96. The summed E-state index contributed by atoms with van der Waals surface area (Å²) in [4.78, 5) is -0.0512. The van der Waals surface area contributed by atoms with Gasteiger partial charge in [-0.25, -0.2) is 17.8 Å². The van der Waals surface area contributed by atoms with Crippen molar-refractivity contribution in [1.29, 1.82) is 0 Å². The van der Waals surface area contributed by atoms with Gasteiger partial charge < -0.3 is 5.32 Å². The zero-order chi connectivity index (χ0) is 22.4. The average Bonchev–Trinajstić information content (AvgIpc) is 3.12. The van der Waals surface area contributed by atoms with E-state index in [0.717, 1.165) is 42.9 Å². The van der Waals surface area contributed by atoms with Gasteiger partial charge in [0.15, 0.2) is 5.69 Å². The van der Waals surface area contributed by atoms with Crippen molar-refractivity contribution in [2.45, 2.75) is 57.3 Å². The van der Waals surface area contributed by atoms with E-state index in [0.29, 0.717) is 10.6 Å². The van der Waals surface area contributed by atoms with E-state index in [2.05, 4.69) is 15.1 Å². The fourth-order valence-corrected chi connectivity index (χ4v) is 6.09. The summed E-state index contributed by atoms with van der Waals surface area (Å²) in [6, 6.07) is 5.95. The average molecular weight is 475 g/mol. The molecule has 1 aromatic heterocycles. The number of hydrogen-bond donors (Lipinski definition) is 2. The summed E-state index contributed by atoms with van der Waals surface area (Å²) in [5, 5.41) is 6.94. The molecule has 1 aromatic carbocycles. The number of allylic oxidation sites excluding steroid dienone is 2. The van der Waals surface area contributed by atoms with Crippen molar-refractivity contribution >= 4 is 27.4 Å². The molecule has 0 bridgehead atoms. The number of anilines is 1. The van der Waals surface area contributed by atoms with Crippen LogP contribution >= 0.6 is 11.6 Å². The van der Waals surface area contributed by atoms with Crippen molar-refractivity contribution in [3.05, 3.63) is 57.2 Å². The number of aromatic nitrogens is 2. The number of nitrogens with one attached hydrogen (secondary N) is 2. The number of alkyl halides is 3. The fourth-order valence-electron chi connectivity index (χ4n) is 4.18. The zero-order valence-corrected chi connectivity index (χ0v) is 18.3. The van der Waals surface area contributed by atoms with Crippen molar-refractivity contribution in [2.75, 3.05) is 5.32 Å². The Morgan fingerprint density at radius 2 is 1.81 bits per heavy atom. The molecular weight excluding hydrogens is 453 g/mol. The molecule has 31 heavy (non-hydrogen) atoms. The Morgan fingerprint density at radius 3 is 2.42 bits per heavy atom. The van der Waals surface area contributed by atoms with E-state index in [1.807, 2.05) is 0 Å². The lowest BCUT2D eigenvalue weighted by Gasteiger charge is -2.31. The molecule has 2 aliphatic rings. The normalized spacial score (nSPS) is 20.5. The van der Waals surface area contributed by atoms with Gasteiger partial charge in [0.25, 0.3) is 0 Å². The predicted octanol–water partition coefficient (Wildman–Crippen LogP) is 5.05. The molecule has 2 aromatic rings. The number of halogens is 4. The van der Waals surface area contributed by atoms with E-state index >= 15 is 0 Å². The summed E-state index contributed by atoms with van der Waals surface area (Å²) in [5.41, 5.74) is -0.377. The van der Waals surface area contributed by atoms with E-state index in [1.165, 1.54) is 0 Å². The van der Waals surface area contributed by atoms with Gasteiger partial charge >= 0.3 is 6.18 Å². The van der Waals surface area contributed by atoms with Crippen LogP contribution in [0.2, 0.25) is 5.02 Å². The van der Waals surface area contributed by atoms with Crippen LogP contribution in [-0.4, -0.2) is 24.2 Å². The van der Waals surface area contributed by atoms with Crippen molar-refractivity contribution in [3.63, 3.8) is 0 Å². The fraction of sp³-hybridized carbons (Fsp3) is 0.450. The first-order chi connectivity index (χ1) is 14.6. The van der Waals surface area contributed by atoms with Gasteiger partial charge in [0.2, 0.25) is 10.0 Å². The third-order valence-corrected chi connectivity index (χ3v) is 7.61. The number of fused-ring (bicyclic) bond motifs is 1. The first kappa shape index (κ1) is 22.2. The van der Waals surface area contributed by atoms with Crippen molar-refractivity contribution in [2.24, 2.45) is 0 Å². The van der Waals surface area contributed by atoms with Crippen LogP contribution in [0.25, 0.3) is 0 Å². The maximum absolute atomic E-state index is 13.4. The largest absolute Gasteiger partial charge is 0.435 e. The predicted molar refractivity (Wildman–Crippen MR) is 112 cm³/mol. The van der Waals surface area contributed by atoms with Crippen LogP contribution in [0.1, 0.15) is 56.3 Å². The molecule has 11 heteroatoms. The maximum Gasteiger partial charge on any atom is 0.435 e. The molecule has 0 spiro atoms. The molecule has 2 heterocycles. The molecule has 6 nitrogen and oxygen atoms in total. The number of rotatable bonds is 4. The summed E-state index contributed by atoms with van der Waals surface area (Å²) in [7, 11) is -4.02. The molecule has 1 aliphatic carbocycles. The van der Waals surface area contributed by atoms with Gasteiger partial charge in [-0.1, -0.05) is 43.0 Å². The highest BCUT2D eigenvalue weighted by Crippen LogP contribution is 2.41. The van der Waals surface area contributed by atoms with Crippen LogP contribution in [0.15, 0.2) is 40.9 Å². The molecular formula is C20H22ClF3N4O2S. The Morgan fingerprint density at radius 1 is 1.16 bits per heavy atom. The summed E-state index contributed by atoms with van der Waals surface area (Å²) in [6.45, 7) is 1.54. The van der Waals surface area contributed by atoms with Crippen molar-refractivity contribution in [1.82, 2.24) is 14.5 Å². The molecule has 1 fully saturated rings. The van der Waals surface area contributed by atoms with Crippen LogP contribution in [-0.2, 0) is 16.2 Å². The second-order valence-corrected chi connectivity index (χ2v) is 10.0. The maximum atomic E-state index is 13.4. The molecule has 0 radical (unpaired) electrons. The molecule has 1 aliphatic heterocycles. The summed E-state index contributed by atoms with van der Waals surface area (Å²) >= 11 is 5.97. The number of benzene rings is 1. The molecule has 1 unspecified atom stereocenters. The van der Waals surface area contributed by atoms with Crippen LogP contribution in [0.3, 0.4) is 0 Å². The smallest absolute Gasteiger partial charge is 0.343 e. The van der Waals surface area contributed by atoms with Crippen molar-refractivity contribution < 1.29 is 21.6 Å². The second-order valence-electron chi connectivity index (χ2n) is 7.88. The minimum absolute atomic E-state index is 0.0512. The van der Waals surface area contributed by atoms with E-state index in [4.69, 9.17) is 11.6 Å². The third-order valence-electron chi connectivity index (χ3n) is 5.61. The van der Waals surface area contributed by atoms with Gasteiger partial charge in [0, 0.05) is 22.8 Å². The van der Waals surface area contributed by atoms with Crippen LogP contribution < -0.4 is 10.0 Å². The van der Waals surface area contributed by atoms with Gasteiger partial charge in [0.1, 0.15) is 16.8 Å². The minimum Gasteiger partial charge on any atom is -0.343 e. The summed E-state index contributed by atoms with van der Waals surface area (Å²) < 4.78 is 70.7. The highest BCUT2D eigenvalue weighted by atomic mass is 35.5. The molecule has 4 rings (SSSR count). The summed E-state index contributed by atoms with van der Waals surface area (Å²) in [6.07, 6.45) is -0.272. The molecule has 1 saturated carbocycles. The molecule has 1 atom stereocenters. The van der Waals surface area contributed by atoms with E-state index in [9.17, 15) is 21.6 Å². The minimum atomic E-state index is -4.66. The zero-order valence-electron chi connectivity index (χ0n) is 16.7. The number of nitrogens with zero attached hydrogens (tertiary/aromatic N) is 2. The Kier molecular flexibility index (Phi) is 5.82. The number of sulfonamides is 1. The van der Waals surface area contributed by atoms with Gasteiger partial charge in [-0.05, 0) is 37.5 Å². The van der Waals surface area contributed by atoms with Gasteiger partial charge in [0.05, 0.1) is 0 Å². The molecule has 0 amide bonds. The third kappa shape index (κ3) is 4.47. The Balaban J connectivity index is 1.82. The van der Waals surface area contributed by atoms with Crippen LogP contribution in [0.5, 0.6) is 0 Å².